The van der Waals surface area contributed by atoms with Crippen molar-refractivity contribution >= 4 is 115 Å². The molecule has 137 heavy (non-hydrogen) atoms. The fourth-order valence-corrected chi connectivity index (χ4v) is 20.3. The first-order valence-corrected chi connectivity index (χ1v) is 49.8. The molecule has 10 aromatic carbocycles. The third kappa shape index (κ3) is 22.8. The number of nitrogens with one attached hydrogen (secondary N) is 4. The molecule has 0 spiro atoms. The molecule has 16 aromatic rings. The van der Waals surface area contributed by atoms with Crippen LogP contribution in [0.5, 0.6) is 28.7 Å². The van der Waals surface area contributed by atoms with Gasteiger partial charge in [-0.3, -0.25) is 28.7 Å². The Morgan fingerprint density at radius 3 is 1.25 bits per heavy atom. The number of ether oxygens (including phenoxy) is 6. The van der Waals surface area contributed by atoms with E-state index in [9.17, 15) is 39.6 Å². The van der Waals surface area contributed by atoms with Gasteiger partial charge in [-0.05, 0) is 259 Å². The lowest BCUT2D eigenvalue weighted by Crippen LogP contribution is -2.33. The summed E-state index contributed by atoms with van der Waals surface area (Å²) in [4.78, 5) is 49.1. The molecule has 4 N–H and O–H groups in total. The summed E-state index contributed by atoms with van der Waals surface area (Å²) in [5.74, 6) is 1.10. The summed E-state index contributed by atoms with van der Waals surface area (Å²) in [6.45, 7) is 17.6. The van der Waals surface area contributed by atoms with E-state index in [0.717, 1.165) is 144 Å². The van der Waals surface area contributed by atoms with Gasteiger partial charge >= 0.3 is 0 Å². The number of aryl methyl sites for hydroxylation is 12. The van der Waals surface area contributed by atoms with E-state index < -0.39 is 47.8 Å². The number of amides is 3. The van der Waals surface area contributed by atoms with Crippen molar-refractivity contribution in [2.45, 2.75) is 128 Å². The van der Waals surface area contributed by atoms with Crippen LogP contribution in [0.1, 0.15) is 129 Å². The number of methoxy groups -OCH3 is 2. The molecule has 3 amide bonds. The largest absolute Gasteiger partial charge is 0.494 e. The van der Waals surface area contributed by atoms with E-state index in [2.05, 4.69) is 29.2 Å². The highest BCUT2D eigenvalue weighted by Crippen LogP contribution is 2.42. The third-order valence-electron chi connectivity index (χ3n) is 23.6. The lowest BCUT2D eigenvalue weighted by atomic mass is 9.98. The molecule has 0 saturated heterocycles. The maximum atomic E-state index is 14.5. The number of aromatic nitrogens is 8. The molecule has 0 aliphatic carbocycles. The number of rotatable bonds is 34. The van der Waals surface area contributed by atoms with E-state index in [4.69, 9.17) is 68.3 Å². The van der Waals surface area contributed by atoms with Crippen LogP contribution >= 0.6 is 34.8 Å². The zero-order chi connectivity index (χ0) is 97.7. The summed E-state index contributed by atoms with van der Waals surface area (Å²) in [6, 6.07) is 65.3. The number of carbonyl (C=O) groups excluding carboxylic acids is 3. The lowest BCUT2D eigenvalue weighted by Gasteiger charge is -2.15. The number of hydrogen-bond donors (Lipinski definition) is 4. The number of aromatic amines is 1. The number of benzene rings is 10. The maximum Gasteiger partial charge on any atom is 0.281 e. The second kappa shape index (κ2) is 43.8. The molecule has 0 aliphatic heterocycles. The van der Waals surface area contributed by atoms with Crippen molar-refractivity contribution in [3.8, 4) is 51.0 Å². The van der Waals surface area contributed by atoms with E-state index in [1.165, 1.54) is 36.4 Å². The predicted molar refractivity (Wildman–Crippen MR) is 536 cm³/mol. The highest BCUT2D eigenvalue weighted by molar-refractivity contribution is 7.90. The van der Waals surface area contributed by atoms with Gasteiger partial charge in [-0.15, -0.1) is 0 Å². The van der Waals surface area contributed by atoms with Gasteiger partial charge in [0.15, 0.2) is 0 Å². The average molecular weight is 1960 g/mol. The van der Waals surface area contributed by atoms with Gasteiger partial charge in [0.25, 0.3) is 47.8 Å². The van der Waals surface area contributed by atoms with Gasteiger partial charge in [0.05, 0.1) is 70.1 Å². The van der Waals surface area contributed by atoms with Crippen LogP contribution in [0.25, 0.3) is 55.0 Å². The van der Waals surface area contributed by atoms with Crippen molar-refractivity contribution in [1.29, 1.82) is 0 Å². The molecular weight excluding hydrogens is 1860 g/mol. The number of halogens is 3. The Balaban J connectivity index is 0.000000165. The first-order chi connectivity index (χ1) is 65.6. The van der Waals surface area contributed by atoms with E-state index in [0.29, 0.717) is 97.8 Å². The van der Waals surface area contributed by atoms with Gasteiger partial charge in [0.1, 0.15) is 45.8 Å². The van der Waals surface area contributed by atoms with Crippen LogP contribution in [0.3, 0.4) is 0 Å². The molecular formula is C105H106Cl3N11O15S3. The number of fused-ring (bicyclic) bond motifs is 3. The summed E-state index contributed by atoms with van der Waals surface area (Å²) in [7, 11) is -3.63. The maximum absolute atomic E-state index is 14.5. The number of hydrogen-bond acceptors (Lipinski definition) is 18. The second-order valence-corrected chi connectivity index (χ2v) is 39.5. The zero-order valence-corrected chi connectivity index (χ0v) is 82.8. The molecule has 32 heteroatoms. The third-order valence-corrected chi connectivity index (χ3v) is 29.4. The average Bonchev–Trinajstić information content (AvgIpc) is 1.58. The summed E-state index contributed by atoms with van der Waals surface area (Å²) < 4.78 is 129. The van der Waals surface area contributed by atoms with E-state index in [1.54, 1.807) is 98.9 Å². The molecule has 6 aromatic heterocycles. The monoisotopic (exact) mass is 1960 g/mol. The molecule has 0 radical (unpaired) electrons. The van der Waals surface area contributed by atoms with Crippen molar-refractivity contribution in [2.75, 3.05) is 34.0 Å². The first kappa shape index (κ1) is 99.6. The van der Waals surface area contributed by atoms with Crippen molar-refractivity contribution in [3.63, 3.8) is 0 Å². The standard InChI is InChI=1S/C39H40ClN5O5S.C34H37ClN4O5S.C32H29ClN2O5S/c1-25-20-29(21-26(2)36(25)40)50-19-11-17-32-31-15-9-16-33(35-27(3)44(4)42-34(35)24-49-5)37(31)45(23-28-12-10-18-41-22-28)38(32)39(46)43-51(47,48)30-13-7-6-8-14-30;1-21-18-24(19-22(2)31(21)35)44-17-11-16-27-26-14-10-15-28(30-23(3)39(5)36-29(30)20-43-6)32(26)38(4)33(27)34(40)37-45(41,42)25-12-8-7-9-13-25;1-21-19-25(20-22(2)30(21)33)39-18-8-12-28-27-11-6-7-13-29(27)34-31(28)32(36)35-41(37,38)26-16-14-24(15-17-26)40-23-9-4-3-5-10-23/h6-10,12-16,18,20-22H,11,17,19,23-24H2,1-5H3,(H,43,46);7-10,12-15,18-19H,11,16-17,20H2,1-6H3,(H,37,40);3-7,9-11,13-17,19-20,34H,8,12,18H2,1-2H3,(H,35,36). The number of carbonyl (C=O) groups is 3. The van der Waals surface area contributed by atoms with Crippen LogP contribution < -0.4 is 33.1 Å². The van der Waals surface area contributed by atoms with Gasteiger partial charge < -0.3 is 42.5 Å². The van der Waals surface area contributed by atoms with Gasteiger partial charge in [0, 0.05) is 125 Å². The SMILES string of the molecule is COCc1nn(C)c(C)c1-c1cccc2c(CCCOc3cc(C)c(Cl)c(C)c3)c(C(=O)NS(=O)(=O)c3ccccc3)n(C)c12.COCc1nn(C)c(C)c1-c1cccc2c(CCCOc3cc(C)c(Cl)c(C)c3)c(C(=O)NS(=O)(=O)c3ccccc3)n(Cc3cccnc3)c12.Cc1cc(OCCCc2c(C(=O)NS(=O)(=O)c3ccc(Oc4ccccc4)cc3)[nH]c3ccccc23)cc(C)c1Cl. The summed E-state index contributed by atoms with van der Waals surface area (Å²) in [5, 5.41) is 14.1. The molecule has 0 atom stereocenters. The molecule has 16 rings (SSSR count). The Kier molecular flexibility index (Phi) is 31.8. The van der Waals surface area contributed by atoms with Crippen LogP contribution in [0, 0.1) is 55.4 Å². The summed E-state index contributed by atoms with van der Waals surface area (Å²) >= 11 is 19.0. The normalized spacial score (nSPS) is 11.6. The quantitative estimate of drug-likeness (QED) is 0.0272. The fraction of sp³-hybridized carbons (Fsp3) is 0.238. The van der Waals surface area contributed by atoms with Gasteiger partial charge in [-0.1, -0.05) is 150 Å². The minimum atomic E-state index is -4.19. The number of H-pyrrole nitrogens is 1. The minimum Gasteiger partial charge on any atom is -0.494 e. The van der Waals surface area contributed by atoms with Gasteiger partial charge in [-0.2, -0.15) is 10.2 Å². The highest BCUT2D eigenvalue weighted by atomic mass is 35.5. The van der Waals surface area contributed by atoms with Crippen LogP contribution in [0.2, 0.25) is 15.1 Å². The molecule has 0 bridgehead atoms. The molecule has 0 saturated carbocycles. The zero-order valence-electron chi connectivity index (χ0n) is 78.1. The fourth-order valence-electron chi connectivity index (χ4n) is 17.0. The topological polar surface area (TPSA) is 319 Å². The molecule has 710 valence electrons. The molecule has 26 nitrogen and oxygen atoms in total. The second-order valence-electron chi connectivity index (χ2n) is 33.3. The van der Waals surface area contributed by atoms with E-state index in [-0.39, 0.29) is 44.9 Å². The Bertz CT molecular complexity index is 7450. The van der Waals surface area contributed by atoms with Crippen LogP contribution in [0.15, 0.2) is 252 Å². The van der Waals surface area contributed by atoms with Crippen LogP contribution in [-0.4, -0.2) is 116 Å². The molecule has 6 heterocycles. The number of sulfonamides is 3. The van der Waals surface area contributed by atoms with Crippen LogP contribution in [0.4, 0.5) is 0 Å². The molecule has 0 unspecified atom stereocenters. The Labute approximate surface area is 812 Å². The van der Waals surface area contributed by atoms with Gasteiger partial charge in [-0.25, -0.2) is 39.4 Å². The summed E-state index contributed by atoms with van der Waals surface area (Å²) in [5.41, 5.74) is 18.6. The minimum absolute atomic E-state index is 0.00680. The van der Waals surface area contributed by atoms with E-state index in [1.807, 2.05) is 211 Å². The first-order valence-electron chi connectivity index (χ1n) is 44.2. The van der Waals surface area contributed by atoms with E-state index >= 15 is 0 Å². The van der Waals surface area contributed by atoms with Crippen molar-refractivity contribution < 1.29 is 68.1 Å². The predicted octanol–water partition coefficient (Wildman–Crippen LogP) is 21.1. The Morgan fingerprint density at radius 1 is 0.409 bits per heavy atom. The smallest absolute Gasteiger partial charge is 0.281 e. The number of nitrogens with zero attached hydrogens (tertiary/aromatic N) is 7. The van der Waals surface area contributed by atoms with Crippen molar-refractivity contribution in [2.24, 2.45) is 21.1 Å². The Hall–Kier alpha value is -13.4. The Morgan fingerprint density at radius 2 is 0.796 bits per heavy atom. The van der Waals surface area contributed by atoms with Crippen LogP contribution in [-0.2, 0) is 99.7 Å². The van der Waals surface area contributed by atoms with Gasteiger partial charge in [0.2, 0.25) is 0 Å². The molecule has 0 aliphatic rings. The van der Waals surface area contributed by atoms with Crippen molar-refractivity contribution in [3.05, 3.63) is 347 Å². The summed E-state index contributed by atoms with van der Waals surface area (Å²) in [6.07, 6.45) is 6.57. The molecule has 0 fully saturated rings. The van der Waals surface area contributed by atoms with Crippen molar-refractivity contribution in [1.82, 2.24) is 52.8 Å². The highest BCUT2D eigenvalue weighted by Gasteiger charge is 2.33. The number of pyridine rings is 1. The lowest BCUT2D eigenvalue weighted by molar-refractivity contribution is 0.0963. The number of para-hydroxylation sites is 4.